The number of sulfonamides is 1. The number of para-hydroxylation sites is 1. The number of carbonyl (C=O) groups is 1. The number of fused-ring (bicyclic) bond motifs is 1. The first-order valence-corrected chi connectivity index (χ1v) is 10.5. The summed E-state index contributed by atoms with van der Waals surface area (Å²) >= 11 is 0. The molecule has 1 aliphatic rings. The average molecular weight is 385 g/mol. The second-order valence-corrected chi connectivity index (χ2v) is 8.54. The van der Waals surface area contributed by atoms with E-state index >= 15 is 0 Å². The first-order valence-electron chi connectivity index (χ1n) is 9.11. The van der Waals surface area contributed by atoms with Gasteiger partial charge in [0.2, 0.25) is 5.91 Å². The zero-order valence-electron chi connectivity index (χ0n) is 15.6. The first kappa shape index (κ1) is 19.2. The summed E-state index contributed by atoms with van der Waals surface area (Å²) in [5, 5.41) is 2.85. The van der Waals surface area contributed by atoms with Crippen LogP contribution in [0.4, 0.5) is 5.69 Å². The molecule has 5 nitrogen and oxygen atoms in total. The number of nitrogens with zero attached hydrogens (tertiary/aromatic N) is 1. The van der Waals surface area contributed by atoms with E-state index in [-0.39, 0.29) is 16.8 Å². The van der Waals surface area contributed by atoms with Crippen LogP contribution in [0.5, 0.6) is 0 Å². The van der Waals surface area contributed by atoms with Crippen LogP contribution in [-0.2, 0) is 21.2 Å². The third-order valence-electron chi connectivity index (χ3n) is 4.74. The Morgan fingerprint density at radius 2 is 1.89 bits per heavy atom. The van der Waals surface area contributed by atoms with Gasteiger partial charge in [0.1, 0.15) is 0 Å². The molecule has 0 aliphatic carbocycles. The largest absolute Gasteiger partial charge is 0.350 e. The van der Waals surface area contributed by atoms with Crippen LogP contribution in [0.25, 0.3) is 6.08 Å². The molecule has 0 fully saturated rings. The summed E-state index contributed by atoms with van der Waals surface area (Å²) < 4.78 is 27.4. The minimum absolute atomic E-state index is 0.123. The molecule has 0 unspecified atom stereocenters. The van der Waals surface area contributed by atoms with Crippen molar-refractivity contribution in [3.05, 3.63) is 65.7 Å². The Morgan fingerprint density at radius 1 is 1.19 bits per heavy atom. The first-order chi connectivity index (χ1) is 12.9. The molecular formula is C21H24N2O3S. The van der Waals surface area contributed by atoms with Crippen molar-refractivity contribution < 1.29 is 13.2 Å². The lowest BCUT2D eigenvalue weighted by molar-refractivity contribution is -0.117. The molecule has 1 aliphatic heterocycles. The van der Waals surface area contributed by atoms with Gasteiger partial charge in [-0.25, -0.2) is 8.42 Å². The Bertz CT molecular complexity index is 950. The van der Waals surface area contributed by atoms with Gasteiger partial charge in [-0.1, -0.05) is 37.3 Å². The third-order valence-corrected chi connectivity index (χ3v) is 6.57. The highest BCUT2D eigenvalue weighted by atomic mass is 32.2. The van der Waals surface area contributed by atoms with Crippen molar-refractivity contribution in [1.29, 1.82) is 0 Å². The minimum Gasteiger partial charge on any atom is -0.350 e. The quantitative estimate of drug-likeness (QED) is 0.777. The molecule has 2 aromatic rings. The topological polar surface area (TPSA) is 66.5 Å². The van der Waals surface area contributed by atoms with Crippen molar-refractivity contribution in [2.24, 2.45) is 0 Å². The molecule has 1 amide bonds. The minimum atomic E-state index is -3.59. The van der Waals surface area contributed by atoms with Gasteiger partial charge >= 0.3 is 0 Å². The van der Waals surface area contributed by atoms with E-state index in [1.807, 2.05) is 38.1 Å². The van der Waals surface area contributed by atoms with Gasteiger partial charge in [0, 0.05) is 18.7 Å². The summed E-state index contributed by atoms with van der Waals surface area (Å²) in [5.74, 6) is -0.158. The fourth-order valence-corrected chi connectivity index (χ4v) is 4.50. The van der Waals surface area contributed by atoms with Crippen molar-refractivity contribution in [1.82, 2.24) is 5.32 Å². The number of hydrogen-bond donors (Lipinski definition) is 1. The summed E-state index contributed by atoms with van der Waals surface area (Å²) in [6.07, 6.45) is 4.74. The molecule has 1 N–H and O–H groups in total. The SMILES string of the molecule is CC[C@H](C)NC(=O)/C=C/c1ccc(S(=O)(=O)N2CCc3ccccc32)cc1. The van der Waals surface area contributed by atoms with E-state index in [1.54, 1.807) is 30.3 Å². The van der Waals surface area contributed by atoms with Crippen LogP contribution in [0.3, 0.4) is 0 Å². The average Bonchev–Trinajstić information content (AvgIpc) is 3.11. The smallest absolute Gasteiger partial charge is 0.264 e. The van der Waals surface area contributed by atoms with E-state index < -0.39 is 10.0 Å². The molecule has 6 heteroatoms. The van der Waals surface area contributed by atoms with Gasteiger partial charge in [-0.3, -0.25) is 9.10 Å². The Labute approximate surface area is 160 Å². The standard InChI is InChI=1S/C21H24N2O3S/c1-3-16(2)22-21(24)13-10-17-8-11-19(12-9-17)27(25,26)23-15-14-18-6-4-5-7-20(18)23/h4-13,16H,3,14-15H2,1-2H3,(H,22,24)/b13-10+/t16-/m0/s1. The summed E-state index contributed by atoms with van der Waals surface area (Å²) in [6.45, 7) is 4.41. The second-order valence-electron chi connectivity index (χ2n) is 6.68. The number of benzene rings is 2. The van der Waals surface area contributed by atoms with Crippen LogP contribution in [0.1, 0.15) is 31.4 Å². The molecule has 2 aromatic carbocycles. The van der Waals surface area contributed by atoms with E-state index in [9.17, 15) is 13.2 Å². The molecule has 1 heterocycles. The van der Waals surface area contributed by atoms with Crippen LogP contribution >= 0.6 is 0 Å². The normalized spacial score (nSPS) is 15.0. The number of anilines is 1. The number of amides is 1. The maximum absolute atomic E-state index is 13.0. The molecule has 0 radical (unpaired) electrons. The lowest BCUT2D eigenvalue weighted by Gasteiger charge is -2.19. The van der Waals surface area contributed by atoms with Gasteiger partial charge in [-0.15, -0.1) is 0 Å². The Morgan fingerprint density at radius 3 is 2.59 bits per heavy atom. The van der Waals surface area contributed by atoms with E-state index in [2.05, 4.69) is 5.32 Å². The molecule has 0 aromatic heterocycles. The van der Waals surface area contributed by atoms with Gasteiger partial charge in [-0.05, 0) is 55.2 Å². The van der Waals surface area contributed by atoms with E-state index in [0.717, 1.165) is 29.7 Å². The van der Waals surface area contributed by atoms with Crippen LogP contribution in [0.15, 0.2) is 59.5 Å². The van der Waals surface area contributed by atoms with E-state index in [0.29, 0.717) is 6.54 Å². The fraction of sp³-hybridized carbons (Fsp3) is 0.286. The van der Waals surface area contributed by atoms with Gasteiger partial charge in [0.05, 0.1) is 10.6 Å². The zero-order chi connectivity index (χ0) is 19.4. The highest BCUT2D eigenvalue weighted by Gasteiger charge is 2.30. The molecular weight excluding hydrogens is 360 g/mol. The monoisotopic (exact) mass is 384 g/mol. The van der Waals surface area contributed by atoms with Crippen LogP contribution in [-0.4, -0.2) is 26.9 Å². The molecule has 0 bridgehead atoms. The maximum atomic E-state index is 13.0. The molecule has 142 valence electrons. The van der Waals surface area contributed by atoms with Crippen LogP contribution < -0.4 is 9.62 Å². The lowest BCUT2D eigenvalue weighted by atomic mass is 10.2. The zero-order valence-corrected chi connectivity index (χ0v) is 16.4. The van der Waals surface area contributed by atoms with Crippen molar-refractivity contribution in [2.45, 2.75) is 37.6 Å². The third kappa shape index (κ3) is 4.22. The van der Waals surface area contributed by atoms with Crippen molar-refractivity contribution in [2.75, 3.05) is 10.8 Å². The predicted molar refractivity (Wildman–Crippen MR) is 108 cm³/mol. The van der Waals surface area contributed by atoms with Crippen molar-refractivity contribution >= 4 is 27.7 Å². The van der Waals surface area contributed by atoms with Gasteiger partial charge in [0.25, 0.3) is 10.0 Å². The Balaban J connectivity index is 1.75. The number of rotatable bonds is 6. The van der Waals surface area contributed by atoms with Gasteiger partial charge < -0.3 is 5.32 Å². The maximum Gasteiger partial charge on any atom is 0.264 e. The summed E-state index contributed by atoms with van der Waals surface area (Å²) in [4.78, 5) is 12.1. The predicted octanol–water partition coefficient (Wildman–Crippen LogP) is 3.37. The molecule has 1 atom stereocenters. The highest BCUT2D eigenvalue weighted by molar-refractivity contribution is 7.92. The summed E-state index contributed by atoms with van der Waals surface area (Å²) in [6, 6.07) is 14.3. The highest BCUT2D eigenvalue weighted by Crippen LogP contribution is 2.32. The molecule has 0 saturated heterocycles. The van der Waals surface area contributed by atoms with Crippen molar-refractivity contribution in [3.63, 3.8) is 0 Å². The number of nitrogens with one attached hydrogen (secondary N) is 1. The molecule has 3 rings (SSSR count). The molecule has 0 saturated carbocycles. The molecule has 27 heavy (non-hydrogen) atoms. The summed E-state index contributed by atoms with van der Waals surface area (Å²) in [5.41, 5.74) is 2.58. The second kappa shape index (κ2) is 7.96. The summed E-state index contributed by atoms with van der Waals surface area (Å²) in [7, 11) is -3.59. The van der Waals surface area contributed by atoms with Gasteiger partial charge in [-0.2, -0.15) is 0 Å². The Hall–Kier alpha value is -2.60. The lowest BCUT2D eigenvalue weighted by Crippen LogP contribution is -2.30. The van der Waals surface area contributed by atoms with Crippen LogP contribution in [0.2, 0.25) is 0 Å². The van der Waals surface area contributed by atoms with Crippen molar-refractivity contribution in [3.8, 4) is 0 Å². The van der Waals surface area contributed by atoms with E-state index in [4.69, 9.17) is 0 Å². The molecule has 0 spiro atoms. The fourth-order valence-electron chi connectivity index (χ4n) is 3.00. The van der Waals surface area contributed by atoms with E-state index in [1.165, 1.54) is 10.4 Å². The Kier molecular flexibility index (Phi) is 5.65. The number of hydrogen-bond acceptors (Lipinski definition) is 3. The van der Waals surface area contributed by atoms with Gasteiger partial charge in [0.15, 0.2) is 0 Å². The number of carbonyl (C=O) groups excluding carboxylic acids is 1. The van der Waals surface area contributed by atoms with Crippen LogP contribution in [0, 0.1) is 0 Å².